The standard InChI is InChI=1S/C19H22ClNO5/c20-12-7-8-17(26-11-13-4-3-9-25-13)16(10-12)21-18(22)14-5-1-2-6-15(14)19(23)24/h1-2,7-8,10,13-15H,3-6,9,11H2,(H,21,22)(H,23,24)/t13-,14-,15-/m1/s1. The van der Waals surface area contributed by atoms with Gasteiger partial charge in [0.25, 0.3) is 0 Å². The molecule has 1 amide bonds. The number of allylic oxidation sites excluding steroid dienone is 2. The Morgan fingerprint density at radius 1 is 1.27 bits per heavy atom. The molecule has 1 aromatic rings. The highest BCUT2D eigenvalue weighted by Gasteiger charge is 2.34. The van der Waals surface area contributed by atoms with Crippen molar-refractivity contribution in [3.63, 3.8) is 0 Å². The van der Waals surface area contributed by atoms with Crippen LogP contribution in [0.4, 0.5) is 5.69 Å². The average molecular weight is 380 g/mol. The van der Waals surface area contributed by atoms with E-state index in [1.807, 2.05) is 6.08 Å². The van der Waals surface area contributed by atoms with Crippen LogP contribution in [0.1, 0.15) is 25.7 Å². The number of nitrogens with one attached hydrogen (secondary N) is 1. The number of benzene rings is 1. The van der Waals surface area contributed by atoms with E-state index in [1.54, 1.807) is 24.3 Å². The molecular formula is C19H22ClNO5. The van der Waals surface area contributed by atoms with Gasteiger partial charge in [-0.05, 0) is 43.9 Å². The summed E-state index contributed by atoms with van der Waals surface area (Å²) < 4.78 is 11.4. The number of anilines is 1. The summed E-state index contributed by atoms with van der Waals surface area (Å²) in [6, 6.07) is 4.99. The van der Waals surface area contributed by atoms with Gasteiger partial charge in [-0.15, -0.1) is 0 Å². The van der Waals surface area contributed by atoms with Crippen molar-refractivity contribution in [3.8, 4) is 5.75 Å². The van der Waals surface area contributed by atoms with E-state index in [0.717, 1.165) is 19.4 Å². The molecule has 0 saturated carbocycles. The fourth-order valence-corrected chi connectivity index (χ4v) is 3.46. The number of carbonyl (C=O) groups is 2. The first-order valence-electron chi connectivity index (χ1n) is 8.77. The average Bonchev–Trinajstić information content (AvgIpc) is 3.14. The monoisotopic (exact) mass is 379 g/mol. The summed E-state index contributed by atoms with van der Waals surface area (Å²) in [5, 5.41) is 12.6. The number of carboxylic acid groups (broad SMARTS) is 1. The first-order chi connectivity index (χ1) is 12.5. The van der Waals surface area contributed by atoms with Crippen LogP contribution in [0.2, 0.25) is 5.02 Å². The Labute approximate surface area is 157 Å². The maximum absolute atomic E-state index is 12.7. The molecule has 3 rings (SSSR count). The summed E-state index contributed by atoms with van der Waals surface area (Å²) in [4.78, 5) is 24.1. The number of halogens is 1. The molecule has 26 heavy (non-hydrogen) atoms. The van der Waals surface area contributed by atoms with Gasteiger partial charge >= 0.3 is 5.97 Å². The van der Waals surface area contributed by atoms with Gasteiger partial charge in [-0.25, -0.2) is 0 Å². The van der Waals surface area contributed by atoms with Crippen LogP contribution in [0.3, 0.4) is 0 Å². The van der Waals surface area contributed by atoms with E-state index in [-0.39, 0.29) is 12.0 Å². The number of hydrogen-bond donors (Lipinski definition) is 2. The largest absolute Gasteiger partial charge is 0.489 e. The van der Waals surface area contributed by atoms with Crippen molar-refractivity contribution < 1.29 is 24.2 Å². The van der Waals surface area contributed by atoms with Gasteiger partial charge in [-0.3, -0.25) is 9.59 Å². The van der Waals surface area contributed by atoms with E-state index in [0.29, 0.717) is 35.9 Å². The second kappa shape index (κ2) is 8.56. The van der Waals surface area contributed by atoms with E-state index in [2.05, 4.69) is 5.32 Å². The third-order valence-corrected chi connectivity index (χ3v) is 4.97. The van der Waals surface area contributed by atoms with E-state index in [9.17, 15) is 14.7 Å². The van der Waals surface area contributed by atoms with Crippen molar-refractivity contribution in [1.82, 2.24) is 0 Å². The molecule has 2 N–H and O–H groups in total. The zero-order chi connectivity index (χ0) is 18.5. The molecule has 2 aliphatic rings. The van der Waals surface area contributed by atoms with E-state index in [1.165, 1.54) is 0 Å². The van der Waals surface area contributed by atoms with Crippen LogP contribution in [-0.2, 0) is 14.3 Å². The summed E-state index contributed by atoms with van der Waals surface area (Å²) in [6.45, 7) is 1.14. The van der Waals surface area contributed by atoms with Crippen molar-refractivity contribution >= 4 is 29.2 Å². The molecule has 1 aliphatic heterocycles. The predicted molar refractivity (Wildman–Crippen MR) is 97.5 cm³/mol. The highest BCUT2D eigenvalue weighted by atomic mass is 35.5. The Kier molecular flexibility index (Phi) is 6.16. The van der Waals surface area contributed by atoms with Gasteiger partial charge in [0, 0.05) is 11.6 Å². The first-order valence-corrected chi connectivity index (χ1v) is 9.15. The maximum Gasteiger partial charge on any atom is 0.307 e. The molecule has 3 atom stereocenters. The Morgan fingerprint density at radius 3 is 2.73 bits per heavy atom. The molecule has 1 heterocycles. The summed E-state index contributed by atoms with van der Waals surface area (Å²) >= 11 is 6.06. The third kappa shape index (κ3) is 4.56. The Morgan fingerprint density at radius 2 is 2.04 bits per heavy atom. The molecule has 7 heteroatoms. The lowest BCUT2D eigenvalue weighted by Crippen LogP contribution is -2.34. The van der Waals surface area contributed by atoms with E-state index < -0.39 is 17.8 Å². The Hall–Kier alpha value is -2.05. The highest BCUT2D eigenvalue weighted by molar-refractivity contribution is 6.31. The van der Waals surface area contributed by atoms with Gasteiger partial charge in [0.1, 0.15) is 12.4 Å². The van der Waals surface area contributed by atoms with Crippen LogP contribution < -0.4 is 10.1 Å². The summed E-state index contributed by atoms with van der Waals surface area (Å²) in [7, 11) is 0. The molecule has 0 radical (unpaired) electrons. The number of carbonyl (C=O) groups excluding carboxylic acids is 1. The van der Waals surface area contributed by atoms with Crippen molar-refractivity contribution in [3.05, 3.63) is 35.4 Å². The van der Waals surface area contributed by atoms with Gasteiger partial charge in [0.2, 0.25) is 5.91 Å². The summed E-state index contributed by atoms with van der Waals surface area (Å²) in [6.07, 6.45) is 6.41. The smallest absolute Gasteiger partial charge is 0.307 e. The predicted octanol–water partition coefficient (Wildman–Crippen LogP) is 3.50. The van der Waals surface area contributed by atoms with Gasteiger partial charge in [0.15, 0.2) is 0 Å². The number of ether oxygens (including phenoxy) is 2. The first kappa shape index (κ1) is 18.7. The second-order valence-electron chi connectivity index (χ2n) is 6.57. The molecular weight excluding hydrogens is 358 g/mol. The molecule has 0 unspecified atom stereocenters. The van der Waals surface area contributed by atoms with Crippen molar-refractivity contribution in [1.29, 1.82) is 0 Å². The van der Waals surface area contributed by atoms with Gasteiger partial charge in [-0.2, -0.15) is 0 Å². The minimum Gasteiger partial charge on any atom is -0.489 e. The van der Waals surface area contributed by atoms with Crippen molar-refractivity contribution in [2.45, 2.75) is 31.8 Å². The maximum atomic E-state index is 12.7. The number of hydrogen-bond acceptors (Lipinski definition) is 4. The minimum absolute atomic E-state index is 0.0501. The normalized spacial score (nSPS) is 25.0. The fraction of sp³-hybridized carbons (Fsp3) is 0.474. The molecule has 140 valence electrons. The number of carboxylic acids is 1. The zero-order valence-electron chi connectivity index (χ0n) is 14.3. The number of rotatable bonds is 6. The zero-order valence-corrected chi connectivity index (χ0v) is 15.1. The third-order valence-electron chi connectivity index (χ3n) is 4.73. The number of aliphatic carboxylic acids is 1. The van der Waals surface area contributed by atoms with Crippen molar-refractivity contribution in [2.24, 2.45) is 11.8 Å². The Balaban J connectivity index is 1.71. The van der Waals surface area contributed by atoms with Crippen LogP contribution in [0.5, 0.6) is 5.75 Å². The molecule has 0 aromatic heterocycles. The molecule has 1 fully saturated rings. The van der Waals surface area contributed by atoms with Crippen LogP contribution in [-0.4, -0.2) is 36.3 Å². The minimum atomic E-state index is -0.963. The summed E-state index contributed by atoms with van der Waals surface area (Å²) in [5.41, 5.74) is 0.444. The lowest BCUT2D eigenvalue weighted by Gasteiger charge is -2.25. The molecule has 0 spiro atoms. The molecule has 1 aromatic carbocycles. The van der Waals surface area contributed by atoms with Gasteiger partial charge in [-0.1, -0.05) is 23.8 Å². The quantitative estimate of drug-likeness (QED) is 0.739. The van der Waals surface area contributed by atoms with Crippen LogP contribution >= 0.6 is 11.6 Å². The van der Waals surface area contributed by atoms with E-state index >= 15 is 0 Å². The van der Waals surface area contributed by atoms with Crippen molar-refractivity contribution in [2.75, 3.05) is 18.5 Å². The van der Waals surface area contributed by atoms with Gasteiger partial charge < -0.3 is 19.9 Å². The van der Waals surface area contributed by atoms with Gasteiger partial charge in [0.05, 0.1) is 23.6 Å². The molecule has 1 aliphatic carbocycles. The number of amides is 1. The SMILES string of the molecule is O=C(O)[C@@H]1CC=CC[C@H]1C(=O)Nc1cc(Cl)ccc1OC[C@H]1CCCO1. The van der Waals surface area contributed by atoms with Crippen LogP contribution in [0, 0.1) is 11.8 Å². The van der Waals surface area contributed by atoms with E-state index in [4.69, 9.17) is 21.1 Å². The Bertz CT molecular complexity index is 699. The second-order valence-corrected chi connectivity index (χ2v) is 7.01. The lowest BCUT2D eigenvalue weighted by molar-refractivity contribution is -0.146. The summed E-state index contributed by atoms with van der Waals surface area (Å²) in [5.74, 6) is -2.16. The van der Waals surface area contributed by atoms with Crippen LogP contribution in [0.15, 0.2) is 30.4 Å². The van der Waals surface area contributed by atoms with Crippen LogP contribution in [0.25, 0.3) is 0 Å². The fourth-order valence-electron chi connectivity index (χ4n) is 3.29. The molecule has 6 nitrogen and oxygen atoms in total. The lowest BCUT2D eigenvalue weighted by atomic mass is 9.82. The highest BCUT2D eigenvalue weighted by Crippen LogP contribution is 2.32. The topological polar surface area (TPSA) is 84.9 Å². The molecule has 0 bridgehead atoms. The molecule has 1 saturated heterocycles.